The molecule has 4 rings (SSSR count). The number of hydrogen-bond acceptors (Lipinski definition) is 5. The van der Waals surface area contributed by atoms with E-state index in [1.807, 2.05) is 24.3 Å². The molecule has 7 heteroatoms. The minimum atomic E-state index is 0.0443. The molecule has 1 N–H and O–H groups in total. The predicted molar refractivity (Wildman–Crippen MR) is 133 cm³/mol. The Labute approximate surface area is 203 Å². The first-order chi connectivity index (χ1) is 15.9. The van der Waals surface area contributed by atoms with E-state index in [0.29, 0.717) is 18.3 Å². The summed E-state index contributed by atoms with van der Waals surface area (Å²) in [6, 6.07) is 14.4. The number of aromatic nitrogens is 2. The highest BCUT2D eigenvalue weighted by Crippen LogP contribution is 2.24. The van der Waals surface area contributed by atoms with Crippen molar-refractivity contribution in [2.24, 2.45) is 5.92 Å². The van der Waals surface area contributed by atoms with Crippen LogP contribution in [0.3, 0.4) is 0 Å². The molecule has 0 spiro atoms. The molecule has 1 aliphatic heterocycles. The van der Waals surface area contributed by atoms with Gasteiger partial charge in [-0.15, -0.1) is 0 Å². The van der Waals surface area contributed by atoms with Gasteiger partial charge in [-0.1, -0.05) is 46.2 Å². The van der Waals surface area contributed by atoms with Crippen LogP contribution in [0, 0.1) is 19.8 Å². The van der Waals surface area contributed by atoms with E-state index >= 15 is 0 Å². The Morgan fingerprint density at radius 2 is 1.88 bits per heavy atom. The maximum Gasteiger partial charge on any atom is 0.241 e. The summed E-state index contributed by atoms with van der Waals surface area (Å²) >= 11 is 3.44. The second-order valence-corrected chi connectivity index (χ2v) is 9.80. The molecular weight excluding hydrogens is 480 g/mol. The van der Waals surface area contributed by atoms with E-state index in [2.05, 4.69) is 75.3 Å². The van der Waals surface area contributed by atoms with E-state index in [-0.39, 0.29) is 17.9 Å². The molecule has 2 aromatic carbocycles. The van der Waals surface area contributed by atoms with Crippen LogP contribution in [0.1, 0.15) is 54.8 Å². The van der Waals surface area contributed by atoms with Crippen molar-refractivity contribution in [1.29, 1.82) is 0 Å². The second-order valence-electron chi connectivity index (χ2n) is 8.88. The van der Waals surface area contributed by atoms with Crippen LogP contribution in [0.5, 0.6) is 0 Å². The zero-order valence-electron chi connectivity index (χ0n) is 19.5. The molecular formula is C26H31BrN4O2. The first kappa shape index (κ1) is 23.6. The Hall–Kier alpha value is -2.51. The van der Waals surface area contributed by atoms with Gasteiger partial charge in [0, 0.05) is 16.0 Å². The van der Waals surface area contributed by atoms with Crippen molar-refractivity contribution in [3.05, 3.63) is 69.5 Å². The van der Waals surface area contributed by atoms with Gasteiger partial charge in [0.2, 0.25) is 17.6 Å². The number of hydrogen-bond donors (Lipinski definition) is 1. The van der Waals surface area contributed by atoms with Crippen molar-refractivity contribution in [1.82, 2.24) is 20.4 Å². The fraction of sp³-hybridized carbons (Fsp3) is 0.423. The van der Waals surface area contributed by atoms with Crippen molar-refractivity contribution in [2.75, 3.05) is 13.1 Å². The number of carbonyl (C=O) groups is 1. The largest absolute Gasteiger partial charge is 0.349 e. The third-order valence-corrected chi connectivity index (χ3v) is 7.07. The molecule has 174 valence electrons. The third-order valence-electron chi connectivity index (χ3n) is 6.55. The number of nitrogens with zero attached hydrogens (tertiary/aromatic N) is 3. The minimum Gasteiger partial charge on any atom is -0.349 e. The molecule has 33 heavy (non-hydrogen) atoms. The van der Waals surface area contributed by atoms with Gasteiger partial charge in [-0.25, -0.2) is 0 Å². The summed E-state index contributed by atoms with van der Waals surface area (Å²) in [5.74, 6) is 1.42. The Morgan fingerprint density at radius 3 is 2.55 bits per heavy atom. The highest BCUT2D eigenvalue weighted by molar-refractivity contribution is 9.10. The molecule has 1 amide bonds. The summed E-state index contributed by atoms with van der Waals surface area (Å²) in [4.78, 5) is 19.8. The van der Waals surface area contributed by atoms with Crippen molar-refractivity contribution in [3.8, 4) is 11.4 Å². The number of amides is 1. The average Bonchev–Trinajstić information content (AvgIpc) is 3.28. The minimum absolute atomic E-state index is 0.0443. The molecule has 1 saturated heterocycles. The fourth-order valence-electron chi connectivity index (χ4n) is 4.27. The second kappa shape index (κ2) is 10.6. The SMILES string of the molecule is CCC(NC(=O)C1CCN(Cc2nc(-c3ccc(Br)cc3)no2)CC1)c1ccc(C)c(C)c1. The van der Waals surface area contributed by atoms with Crippen molar-refractivity contribution >= 4 is 21.8 Å². The molecule has 6 nitrogen and oxygen atoms in total. The standard InChI is InChI=1S/C26H31BrN4O2/c1-4-23(21-6-5-17(2)18(3)15-21)28-26(32)20-11-13-31(14-12-20)16-24-29-25(30-33-24)19-7-9-22(27)10-8-19/h5-10,15,20,23H,4,11-14,16H2,1-3H3,(H,28,32). The molecule has 0 radical (unpaired) electrons. The van der Waals surface area contributed by atoms with Crippen LogP contribution in [-0.4, -0.2) is 34.0 Å². The fourth-order valence-corrected chi connectivity index (χ4v) is 4.54. The van der Waals surface area contributed by atoms with E-state index in [9.17, 15) is 4.79 Å². The highest BCUT2D eigenvalue weighted by Gasteiger charge is 2.27. The first-order valence-corrected chi connectivity index (χ1v) is 12.4. The average molecular weight is 511 g/mol. The lowest BCUT2D eigenvalue weighted by Crippen LogP contribution is -2.41. The van der Waals surface area contributed by atoms with E-state index < -0.39 is 0 Å². The molecule has 0 saturated carbocycles. The number of carbonyl (C=O) groups excluding carboxylic acids is 1. The number of benzene rings is 2. The quantitative estimate of drug-likeness (QED) is 0.448. The van der Waals surface area contributed by atoms with E-state index in [0.717, 1.165) is 42.4 Å². The van der Waals surface area contributed by atoms with Gasteiger partial charge < -0.3 is 9.84 Å². The molecule has 1 atom stereocenters. The van der Waals surface area contributed by atoms with Gasteiger partial charge in [-0.3, -0.25) is 9.69 Å². The number of halogens is 1. The topological polar surface area (TPSA) is 71.3 Å². The smallest absolute Gasteiger partial charge is 0.241 e. The summed E-state index contributed by atoms with van der Waals surface area (Å²) in [5.41, 5.74) is 4.65. The number of rotatable bonds is 7. The van der Waals surface area contributed by atoms with Gasteiger partial charge in [0.15, 0.2) is 0 Å². The summed E-state index contributed by atoms with van der Waals surface area (Å²) in [5, 5.41) is 7.40. The van der Waals surface area contributed by atoms with E-state index in [4.69, 9.17) is 4.52 Å². The molecule has 3 aromatic rings. The van der Waals surface area contributed by atoms with Crippen LogP contribution in [0.15, 0.2) is 51.5 Å². The zero-order chi connectivity index (χ0) is 23.4. The van der Waals surface area contributed by atoms with Gasteiger partial charge in [-0.05, 0) is 87.2 Å². The summed E-state index contributed by atoms with van der Waals surface area (Å²) in [7, 11) is 0. The number of nitrogens with one attached hydrogen (secondary N) is 1. The lowest BCUT2D eigenvalue weighted by molar-refractivity contribution is -0.127. The van der Waals surface area contributed by atoms with Crippen LogP contribution < -0.4 is 5.32 Å². The predicted octanol–water partition coefficient (Wildman–Crippen LogP) is 5.60. The zero-order valence-corrected chi connectivity index (χ0v) is 21.1. The molecule has 1 aromatic heterocycles. The normalized spacial score (nSPS) is 16.0. The number of aryl methyl sites for hydroxylation is 2. The lowest BCUT2D eigenvalue weighted by atomic mass is 9.94. The van der Waals surface area contributed by atoms with E-state index in [1.54, 1.807) is 0 Å². The monoisotopic (exact) mass is 510 g/mol. The number of piperidine rings is 1. The first-order valence-electron chi connectivity index (χ1n) is 11.6. The summed E-state index contributed by atoms with van der Waals surface area (Å²) in [6.07, 6.45) is 2.55. The van der Waals surface area contributed by atoms with Gasteiger partial charge in [0.1, 0.15) is 0 Å². The van der Waals surface area contributed by atoms with Crippen LogP contribution >= 0.6 is 15.9 Å². The van der Waals surface area contributed by atoms with Crippen LogP contribution in [0.25, 0.3) is 11.4 Å². The van der Waals surface area contributed by atoms with Gasteiger partial charge in [-0.2, -0.15) is 4.98 Å². The molecule has 1 fully saturated rings. The van der Waals surface area contributed by atoms with Crippen LogP contribution in [0.2, 0.25) is 0 Å². The maximum absolute atomic E-state index is 13.0. The highest BCUT2D eigenvalue weighted by atomic mass is 79.9. The summed E-state index contributed by atoms with van der Waals surface area (Å²) in [6.45, 7) is 8.65. The molecule has 2 heterocycles. The van der Waals surface area contributed by atoms with Crippen molar-refractivity contribution < 1.29 is 9.32 Å². The van der Waals surface area contributed by atoms with E-state index in [1.165, 1.54) is 16.7 Å². The molecule has 0 aliphatic carbocycles. The molecule has 1 unspecified atom stereocenters. The lowest BCUT2D eigenvalue weighted by Gasteiger charge is -2.31. The Bertz CT molecular complexity index is 1090. The Balaban J connectivity index is 1.29. The third kappa shape index (κ3) is 5.89. The Morgan fingerprint density at radius 1 is 1.15 bits per heavy atom. The van der Waals surface area contributed by atoms with Gasteiger partial charge in [0.25, 0.3) is 0 Å². The van der Waals surface area contributed by atoms with Gasteiger partial charge in [0.05, 0.1) is 12.6 Å². The van der Waals surface area contributed by atoms with Crippen molar-refractivity contribution in [2.45, 2.75) is 52.6 Å². The molecule has 0 bridgehead atoms. The van der Waals surface area contributed by atoms with Crippen molar-refractivity contribution in [3.63, 3.8) is 0 Å². The number of likely N-dealkylation sites (tertiary alicyclic amines) is 1. The summed E-state index contributed by atoms with van der Waals surface area (Å²) < 4.78 is 6.48. The molecule has 1 aliphatic rings. The maximum atomic E-state index is 13.0. The van der Waals surface area contributed by atoms with Crippen LogP contribution in [-0.2, 0) is 11.3 Å². The Kier molecular flexibility index (Phi) is 7.60. The van der Waals surface area contributed by atoms with Gasteiger partial charge >= 0.3 is 0 Å². The van der Waals surface area contributed by atoms with Crippen LogP contribution in [0.4, 0.5) is 0 Å².